The van der Waals surface area contributed by atoms with Crippen molar-refractivity contribution in [3.05, 3.63) is 71.5 Å². The van der Waals surface area contributed by atoms with Crippen molar-refractivity contribution in [1.82, 2.24) is 0 Å². The second-order valence-corrected chi connectivity index (χ2v) is 3.13. The Bertz CT molecular complexity index is 547. The summed E-state index contributed by atoms with van der Waals surface area (Å²) < 4.78 is 12.3. The third-order valence-electron chi connectivity index (χ3n) is 1.89. The van der Waals surface area contributed by atoms with E-state index in [0.717, 1.165) is 0 Å². The Balaban J connectivity index is 0.000000171. The summed E-state index contributed by atoms with van der Waals surface area (Å²) in [5, 5.41) is 8.29. The molecule has 0 aliphatic heterocycles. The molecule has 17 heavy (non-hydrogen) atoms. The fourth-order valence-electron chi connectivity index (χ4n) is 1.09. The molecule has 0 amide bonds. The normalized spacial score (nSPS) is 8.18. The predicted molar refractivity (Wildman–Crippen MR) is 65.5 cm³/mol. The zero-order valence-corrected chi connectivity index (χ0v) is 9.10. The lowest BCUT2D eigenvalue weighted by molar-refractivity contribution is 0.627. The van der Waals surface area contributed by atoms with Gasteiger partial charge < -0.3 is 0 Å². The zero-order chi connectivity index (χ0) is 12.5. The molecule has 0 bridgehead atoms. The molecular formula is C15H10FN. The number of nitrogens with zero attached hydrogens (tertiary/aromatic N) is 1. The minimum absolute atomic E-state index is 0.287. The molecule has 0 saturated heterocycles. The van der Waals surface area contributed by atoms with Crippen molar-refractivity contribution in [2.24, 2.45) is 0 Å². The molecule has 0 heterocycles. The number of rotatable bonds is 0. The molecule has 2 heteroatoms. The van der Waals surface area contributed by atoms with Gasteiger partial charge in [-0.2, -0.15) is 5.26 Å². The average molecular weight is 223 g/mol. The molecule has 0 N–H and O–H groups in total. The van der Waals surface area contributed by atoms with Gasteiger partial charge in [0.15, 0.2) is 0 Å². The number of halogens is 1. The van der Waals surface area contributed by atoms with E-state index < -0.39 is 0 Å². The molecule has 2 aromatic rings. The number of terminal acetylenes is 1. The van der Waals surface area contributed by atoms with Gasteiger partial charge >= 0.3 is 0 Å². The van der Waals surface area contributed by atoms with E-state index in [2.05, 4.69) is 5.92 Å². The predicted octanol–water partition coefficient (Wildman–Crippen LogP) is 3.37. The van der Waals surface area contributed by atoms with Crippen molar-refractivity contribution in [1.29, 1.82) is 5.26 Å². The van der Waals surface area contributed by atoms with Crippen LogP contribution in [0.4, 0.5) is 4.39 Å². The average Bonchev–Trinajstić information content (AvgIpc) is 2.40. The largest absolute Gasteiger partial charge is 0.207 e. The van der Waals surface area contributed by atoms with Crippen LogP contribution < -0.4 is 0 Å². The van der Waals surface area contributed by atoms with E-state index in [1.165, 1.54) is 12.1 Å². The highest BCUT2D eigenvalue weighted by Gasteiger charge is 1.87. The van der Waals surface area contributed by atoms with Crippen molar-refractivity contribution in [3.8, 4) is 18.4 Å². The number of hydrogen-bond donors (Lipinski definition) is 0. The molecule has 0 saturated carbocycles. The third-order valence-corrected chi connectivity index (χ3v) is 1.89. The van der Waals surface area contributed by atoms with Gasteiger partial charge in [0.1, 0.15) is 5.82 Å². The van der Waals surface area contributed by atoms with Gasteiger partial charge in [-0.1, -0.05) is 30.2 Å². The van der Waals surface area contributed by atoms with Crippen LogP contribution in [0.25, 0.3) is 0 Å². The monoisotopic (exact) mass is 223 g/mol. The number of benzene rings is 2. The first kappa shape index (κ1) is 12.5. The third kappa shape index (κ3) is 4.64. The topological polar surface area (TPSA) is 23.8 Å². The van der Waals surface area contributed by atoms with Crippen molar-refractivity contribution < 1.29 is 4.39 Å². The number of nitriles is 1. The van der Waals surface area contributed by atoms with Crippen LogP contribution in [-0.2, 0) is 0 Å². The molecule has 0 aliphatic rings. The summed E-state index contributed by atoms with van der Waals surface area (Å²) in [7, 11) is 0. The SMILES string of the molecule is C#Cc1cccc(F)c1.N#Cc1ccccc1. The molecule has 1 nitrogen and oxygen atoms in total. The van der Waals surface area contributed by atoms with Crippen LogP contribution >= 0.6 is 0 Å². The zero-order valence-electron chi connectivity index (χ0n) is 9.10. The Morgan fingerprint density at radius 3 is 2.00 bits per heavy atom. The fourth-order valence-corrected chi connectivity index (χ4v) is 1.09. The lowest BCUT2D eigenvalue weighted by Gasteiger charge is -1.87. The molecule has 82 valence electrons. The first-order valence-corrected chi connectivity index (χ1v) is 4.93. The van der Waals surface area contributed by atoms with Crippen LogP contribution in [0, 0.1) is 29.5 Å². The highest BCUT2D eigenvalue weighted by molar-refractivity contribution is 5.31. The summed E-state index contributed by atoms with van der Waals surface area (Å²) in [6, 6.07) is 17.1. The van der Waals surface area contributed by atoms with E-state index in [0.29, 0.717) is 11.1 Å². The smallest absolute Gasteiger partial charge is 0.124 e. The van der Waals surface area contributed by atoms with E-state index in [9.17, 15) is 4.39 Å². The second kappa shape index (κ2) is 6.82. The van der Waals surface area contributed by atoms with Gasteiger partial charge in [0.05, 0.1) is 11.6 Å². The van der Waals surface area contributed by atoms with Crippen LogP contribution in [0.1, 0.15) is 11.1 Å². The Hall–Kier alpha value is -2.58. The minimum atomic E-state index is -0.287. The van der Waals surface area contributed by atoms with Gasteiger partial charge in [0.2, 0.25) is 0 Å². The van der Waals surface area contributed by atoms with E-state index in [1.54, 1.807) is 24.3 Å². The molecule has 0 spiro atoms. The molecule has 0 aromatic heterocycles. The molecular weight excluding hydrogens is 213 g/mol. The first-order chi connectivity index (χ1) is 8.26. The highest BCUT2D eigenvalue weighted by atomic mass is 19.1. The lowest BCUT2D eigenvalue weighted by Crippen LogP contribution is -1.74. The van der Waals surface area contributed by atoms with Crippen LogP contribution in [0.3, 0.4) is 0 Å². The molecule has 2 aromatic carbocycles. The second-order valence-electron chi connectivity index (χ2n) is 3.13. The summed E-state index contributed by atoms with van der Waals surface area (Å²) in [4.78, 5) is 0. The van der Waals surface area contributed by atoms with Gasteiger partial charge in [0, 0.05) is 5.56 Å². The maximum atomic E-state index is 12.3. The van der Waals surface area contributed by atoms with Crippen LogP contribution in [0.2, 0.25) is 0 Å². The molecule has 2 rings (SSSR count). The summed E-state index contributed by atoms with van der Waals surface area (Å²) in [6.45, 7) is 0. The molecule has 0 fully saturated rings. The fraction of sp³-hybridized carbons (Fsp3) is 0. The van der Waals surface area contributed by atoms with Crippen molar-refractivity contribution >= 4 is 0 Å². The summed E-state index contributed by atoms with van der Waals surface area (Å²) >= 11 is 0. The van der Waals surface area contributed by atoms with Gasteiger partial charge in [-0.15, -0.1) is 6.42 Å². The standard InChI is InChI=1S/C8H5F.C7H5N/c1-2-7-4-3-5-8(9)6-7;8-6-7-4-2-1-3-5-7/h1,3-6H;1-5H. The van der Waals surface area contributed by atoms with Gasteiger partial charge in [-0.25, -0.2) is 4.39 Å². The molecule has 0 unspecified atom stereocenters. The molecule has 0 radical (unpaired) electrons. The molecule has 0 aliphatic carbocycles. The maximum Gasteiger partial charge on any atom is 0.124 e. The lowest BCUT2D eigenvalue weighted by atomic mass is 10.2. The Morgan fingerprint density at radius 1 is 0.941 bits per heavy atom. The van der Waals surface area contributed by atoms with Crippen molar-refractivity contribution in [2.75, 3.05) is 0 Å². The van der Waals surface area contributed by atoms with Crippen molar-refractivity contribution in [2.45, 2.75) is 0 Å². The Morgan fingerprint density at radius 2 is 1.59 bits per heavy atom. The van der Waals surface area contributed by atoms with Crippen LogP contribution in [0.15, 0.2) is 54.6 Å². The Kier molecular flexibility index (Phi) is 5.01. The van der Waals surface area contributed by atoms with Crippen LogP contribution in [-0.4, -0.2) is 0 Å². The quantitative estimate of drug-likeness (QED) is 0.628. The maximum absolute atomic E-state index is 12.3. The number of hydrogen-bond acceptors (Lipinski definition) is 1. The molecule has 0 atom stereocenters. The first-order valence-electron chi connectivity index (χ1n) is 4.93. The van der Waals surface area contributed by atoms with E-state index >= 15 is 0 Å². The van der Waals surface area contributed by atoms with E-state index in [1.807, 2.05) is 24.3 Å². The summed E-state index contributed by atoms with van der Waals surface area (Å²) in [5.41, 5.74) is 1.29. The summed E-state index contributed by atoms with van der Waals surface area (Å²) in [5.74, 6) is 2.04. The van der Waals surface area contributed by atoms with Gasteiger partial charge in [0.25, 0.3) is 0 Å². The van der Waals surface area contributed by atoms with Crippen LogP contribution in [0.5, 0.6) is 0 Å². The Labute approximate surface area is 100 Å². The highest BCUT2D eigenvalue weighted by Crippen LogP contribution is 2.00. The van der Waals surface area contributed by atoms with Gasteiger partial charge in [-0.05, 0) is 30.3 Å². The van der Waals surface area contributed by atoms with E-state index in [4.69, 9.17) is 11.7 Å². The van der Waals surface area contributed by atoms with Gasteiger partial charge in [-0.3, -0.25) is 0 Å². The minimum Gasteiger partial charge on any atom is -0.207 e. The van der Waals surface area contributed by atoms with Crippen molar-refractivity contribution in [3.63, 3.8) is 0 Å². The van der Waals surface area contributed by atoms with E-state index in [-0.39, 0.29) is 5.82 Å². The summed E-state index contributed by atoms with van der Waals surface area (Å²) in [6.07, 6.45) is 5.00.